The van der Waals surface area contributed by atoms with Gasteiger partial charge in [-0.2, -0.15) is 8.42 Å². The standard InChI is InChI=1S/C12H12N2.C10H16O4S/c1-3-7-11(8-4-1)13-14-12-9-5-2-6-10-12;1-9(2)7-3-4-10(9,8(11)5-7)6-15(12,13)14/h1-10,13-14H;7H,3-6H2,1-2H3,(H,12,13,14). The van der Waals surface area contributed by atoms with Crippen molar-refractivity contribution in [2.45, 2.75) is 33.1 Å². The summed E-state index contributed by atoms with van der Waals surface area (Å²) in [5.41, 5.74) is 7.21. The van der Waals surface area contributed by atoms with Crippen LogP contribution in [0.1, 0.15) is 33.1 Å². The maximum Gasteiger partial charge on any atom is 0.265 e. The predicted molar refractivity (Wildman–Crippen MR) is 115 cm³/mol. The van der Waals surface area contributed by atoms with Crippen molar-refractivity contribution in [2.24, 2.45) is 16.7 Å². The highest BCUT2D eigenvalue weighted by Gasteiger charge is 2.65. The first kappa shape index (κ1) is 21.3. The Bertz CT molecular complexity index is 906. The fourth-order valence-electron chi connectivity index (χ4n) is 4.61. The Morgan fingerprint density at radius 1 is 0.966 bits per heavy atom. The van der Waals surface area contributed by atoms with Gasteiger partial charge in [0, 0.05) is 6.42 Å². The number of Topliss-reactive ketones (excluding diaryl/α,β-unsaturated/α-hetero) is 1. The van der Waals surface area contributed by atoms with Gasteiger partial charge in [-0.1, -0.05) is 50.2 Å². The lowest BCUT2D eigenvalue weighted by Gasteiger charge is -2.35. The fourth-order valence-corrected chi connectivity index (χ4v) is 5.91. The van der Waals surface area contributed by atoms with Crippen LogP contribution in [-0.4, -0.2) is 24.5 Å². The lowest BCUT2D eigenvalue weighted by Crippen LogP contribution is -2.42. The van der Waals surface area contributed by atoms with Gasteiger partial charge in [0.05, 0.1) is 22.5 Å². The van der Waals surface area contributed by atoms with E-state index in [0.29, 0.717) is 12.8 Å². The molecule has 2 aromatic rings. The summed E-state index contributed by atoms with van der Waals surface area (Å²) in [6.07, 6.45) is 1.97. The molecule has 0 amide bonds. The van der Waals surface area contributed by atoms with Crippen LogP contribution in [0.3, 0.4) is 0 Å². The number of hydrogen-bond donors (Lipinski definition) is 3. The molecule has 0 heterocycles. The van der Waals surface area contributed by atoms with Crippen LogP contribution < -0.4 is 10.9 Å². The van der Waals surface area contributed by atoms with Gasteiger partial charge in [-0.05, 0) is 48.4 Å². The Morgan fingerprint density at radius 3 is 1.79 bits per heavy atom. The van der Waals surface area contributed by atoms with E-state index in [2.05, 4.69) is 10.9 Å². The Labute approximate surface area is 172 Å². The second-order valence-electron chi connectivity index (χ2n) is 8.37. The normalized spacial score (nSPS) is 24.5. The first-order valence-corrected chi connectivity index (χ1v) is 11.4. The summed E-state index contributed by atoms with van der Waals surface area (Å²) in [7, 11) is -4.08. The van der Waals surface area contributed by atoms with E-state index in [1.807, 2.05) is 74.5 Å². The van der Waals surface area contributed by atoms with Gasteiger partial charge in [-0.3, -0.25) is 9.35 Å². The van der Waals surface area contributed by atoms with E-state index in [0.717, 1.165) is 17.8 Å². The number of hydrazine groups is 1. The molecule has 6 nitrogen and oxygen atoms in total. The minimum atomic E-state index is -4.08. The molecule has 7 heteroatoms. The minimum Gasteiger partial charge on any atom is -0.301 e. The maximum absolute atomic E-state index is 11.9. The summed E-state index contributed by atoms with van der Waals surface area (Å²) in [5.74, 6) is -0.101. The first-order valence-electron chi connectivity index (χ1n) is 9.75. The number of hydrogen-bond acceptors (Lipinski definition) is 5. The lowest BCUT2D eigenvalue weighted by molar-refractivity contribution is -0.128. The van der Waals surface area contributed by atoms with Gasteiger partial charge in [0.25, 0.3) is 10.1 Å². The average molecular weight is 417 g/mol. The Kier molecular flexibility index (Phi) is 6.00. The number of anilines is 2. The minimum absolute atomic E-state index is 0.0152. The zero-order valence-electron chi connectivity index (χ0n) is 16.8. The van der Waals surface area contributed by atoms with Gasteiger partial charge in [-0.15, -0.1) is 0 Å². The smallest absolute Gasteiger partial charge is 0.265 e. The van der Waals surface area contributed by atoms with Crippen LogP contribution in [0.15, 0.2) is 60.7 Å². The van der Waals surface area contributed by atoms with Crippen LogP contribution in [0.4, 0.5) is 11.4 Å². The molecular weight excluding hydrogens is 388 g/mol. The van der Waals surface area contributed by atoms with Crippen molar-refractivity contribution in [3.05, 3.63) is 60.7 Å². The summed E-state index contributed by atoms with van der Waals surface area (Å²) in [6.45, 7) is 3.89. The van der Waals surface area contributed by atoms with Crippen LogP contribution in [0, 0.1) is 16.7 Å². The van der Waals surface area contributed by atoms with Crippen LogP contribution >= 0.6 is 0 Å². The number of fused-ring (bicyclic) bond motifs is 2. The summed E-state index contributed by atoms with van der Waals surface area (Å²) in [4.78, 5) is 11.9. The van der Waals surface area contributed by atoms with Gasteiger partial charge in [0.1, 0.15) is 5.78 Å². The zero-order chi connectivity index (χ0) is 21.1. The Hall–Kier alpha value is -2.38. The van der Waals surface area contributed by atoms with Gasteiger partial charge >= 0.3 is 0 Å². The van der Waals surface area contributed by atoms with Gasteiger partial charge in [-0.25, -0.2) is 0 Å². The van der Waals surface area contributed by atoms with E-state index >= 15 is 0 Å². The third kappa shape index (κ3) is 4.62. The summed E-state index contributed by atoms with van der Waals surface area (Å²) in [5, 5.41) is 0. The molecule has 0 aromatic heterocycles. The summed E-state index contributed by atoms with van der Waals surface area (Å²) < 4.78 is 31.0. The third-order valence-electron chi connectivity index (χ3n) is 6.47. The molecule has 156 valence electrons. The molecule has 2 aliphatic rings. The molecule has 2 aromatic carbocycles. The lowest BCUT2D eigenvalue weighted by atomic mass is 9.70. The Morgan fingerprint density at radius 2 is 1.45 bits per heavy atom. The van der Waals surface area contributed by atoms with E-state index in [-0.39, 0.29) is 17.1 Å². The monoisotopic (exact) mass is 416 g/mol. The molecule has 3 N–H and O–H groups in total. The molecule has 4 rings (SSSR count). The number of para-hydroxylation sites is 2. The van der Waals surface area contributed by atoms with Crippen LogP contribution in [0.2, 0.25) is 0 Å². The van der Waals surface area contributed by atoms with Crippen molar-refractivity contribution < 1.29 is 17.8 Å². The van der Waals surface area contributed by atoms with Gasteiger partial charge in [0.2, 0.25) is 0 Å². The molecule has 2 atom stereocenters. The zero-order valence-corrected chi connectivity index (χ0v) is 17.6. The third-order valence-corrected chi connectivity index (χ3v) is 7.32. The van der Waals surface area contributed by atoms with Crippen LogP contribution in [-0.2, 0) is 14.9 Å². The molecule has 2 saturated carbocycles. The highest BCUT2D eigenvalue weighted by Crippen LogP contribution is 2.64. The summed E-state index contributed by atoms with van der Waals surface area (Å²) >= 11 is 0. The van der Waals surface area contributed by atoms with Crippen molar-refractivity contribution in [3.63, 3.8) is 0 Å². The number of carbonyl (C=O) groups is 1. The number of nitrogens with one attached hydrogen (secondary N) is 2. The van der Waals surface area contributed by atoms with E-state index < -0.39 is 21.3 Å². The van der Waals surface area contributed by atoms with Crippen LogP contribution in [0.5, 0.6) is 0 Å². The van der Waals surface area contributed by atoms with E-state index in [1.54, 1.807) is 0 Å². The molecular formula is C22H28N2O4S. The quantitative estimate of drug-likeness (QED) is 0.494. The molecule has 2 bridgehead atoms. The highest BCUT2D eigenvalue weighted by molar-refractivity contribution is 7.85. The molecule has 29 heavy (non-hydrogen) atoms. The molecule has 0 aliphatic heterocycles. The number of benzene rings is 2. The largest absolute Gasteiger partial charge is 0.301 e. The van der Waals surface area contributed by atoms with Crippen molar-refractivity contribution in [2.75, 3.05) is 16.6 Å². The topological polar surface area (TPSA) is 95.5 Å². The average Bonchev–Trinajstić information content (AvgIpc) is 3.01. The number of carbonyl (C=O) groups excluding carboxylic acids is 1. The van der Waals surface area contributed by atoms with E-state index in [9.17, 15) is 13.2 Å². The van der Waals surface area contributed by atoms with Crippen molar-refractivity contribution in [3.8, 4) is 0 Å². The second kappa shape index (κ2) is 8.16. The molecule has 0 saturated heterocycles. The first-order chi connectivity index (χ1) is 13.6. The van der Waals surface area contributed by atoms with Crippen LogP contribution in [0.25, 0.3) is 0 Å². The van der Waals surface area contributed by atoms with E-state index in [4.69, 9.17) is 4.55 Å². The highest BCUT2D eigenvalue weighted by atomic mass is 32.2. The predicted octanol–water partition coefficient (Wildman–Crippen LogP) is 4.40. The van der Waals surface area contributed by atoms with Crippen molar-refractivity contribution in [1.82, 2.24) is 0 Å². The second-order valence-corrected chi connectivity index (χ2v) is 9.83. The van der Waals surface area contributed by atoms with Gasteiger partial charge < -0.3 is 10.9 Å². The Balaban J connectivity index is 0.000000166. The molecule has 2 unspecified atom stereocenters. The fraction of sp³-hybridized carbons (Fsp3) is 0.409. The molecule has 0 spiro atoms. The number of rotatable bonds is 5. The molecule has 0 radical (unpaired) electrons. The van der Waals surface area contributed by atoms with E-state index in [1.165, 1.54) is 0 Å². The number of ketones is 1. The van der Waals surface area contributed by atoms with Crippen molar-refractivity contribution in [1.29, 1.82) is 0 Å². The molecule has 2 fully saturated rings. The molecule has 2 aliphatic carbocycles. The van der Waals surface area contributed by atoms with Gasteiger partial charge in [0.15, 0.2) is 0 Å². The maximum atomic E-state index is 11.9. The summed E-state index contributed by atoms with van der Waals surface area (Å²) in [6, 6.07) is 20.0. The SMILES string of the molecule is CC1(C)C2CCC1(CS(=O)(=O)O)C(=O)C2.c1ccc(NNc2ccccc2)cc1. The van der Waals surface area contributed by atoms with Crippen molar-refractivity contribution >= 4 is 27.3 Å².